The van der Waals surface area contributed by atoms with Gasteiger partial charge in [-0.2, -0.15) is 0 Å². The number of hydrogen-bond acceptors (Lipinski definition) is 5. The molecule has 7 nitrogen and oxygen atoms in total. The van der Waals surface area contributed by atoms with Crippen LogP contribution in [0.15, 0.2) is 24.4 Å². The van der Waals surface area contributed by atoms with E-state index in [-0.39, 0.29) is 6.42 Å². The molecule has 0 spiro atoms. The van der Waals surface area contributed by atoms with E-state index in [1.54, 1.807) is 6.20 Å². The normalized spacial score (nSPS) is 16.6. The fourth-order valence-corrected chi connectivity index (χ4v) is 2.69. The van der Waals surface area contributed by atoms with Crippen LogP contribution in [-0.2, 0) is 16.0 Å². The van der Waals surface area contributed by atoms with Gasteiger partial charge in [0.15, 0.2) is 0 Å². The molecule has 0 aliphatic heterocycles. The topological polar surface area (TPSA) is 94.5 Å². The second kappa shape index (κ2) is 6.14. The van der Waals surface area contributed by atoms with Crippen molar-refractivity contribution in [2.75, 3.05) is 13.7 Å². The number of nitrogens with zero attached hydrogens (tertiary/aromatic N) is 1. The molecule has 1 aliphatic carbocycles. The molecule has 0 bridgehead atoms. The van der Waals surface area contributed by atoms with Crippen LogP contribution in [0.2, 0.25) is 0 Å². The number of ether oxygens (including phenoxy) is 2. The van der Waals surface area contributed by atoms with Gasteiger partial charge in [-0.15, -0.1) is 0 Å². The van der Waals surface area contributed by atoms with Crippen LogP contribution in [0.25, 0.3) is 10.9 Å². The number of carbonyl (C=O) groups excluding carboxylic acids is 1. The Bertz CT molecular complexity index is 780. The Morgan fingerprint density at radius 1 is 1.46 bits per heavy atom. The van der Waals surface area contributed by atoms with Crippen molar-refractivity contribution in [3.05, 3.63) is 40.1 Å². The molecule has 1 N–H and O–H groups in total. The van der Waals surface area contributed by atoms with Gasteiger partial charge in [0, 0.05) is 28.9 Å². The van der Waals surface area contributed by atoms with Crippen LogP contribution in [0.4, 0.5) is 0 Å². The monoisotopic (exact) mass is 332 g/mol. The number of nitro groups is 1. The van der Waals surface area contributed by atoms with Gasteiger partial charge in [-0.05, 0) is 42.5 Å². The van der Waals surface area contributed by atoms with Crippen LogP contribution in [-0.4, -0.2) is 35.1 Å². The van der Waals surface area contributed by atoms with Crippen LogP contribution < -0.4 is 4.74 Å². The standard InChI is InChI=1S/C17H20N2O5/c1-17(19(21)22,16(20)23-2)8-12-9-18-15-6-5-13(7-14(12)15)24-10-11-3-4-11/h5-7,9,11,18H,3-4,8,10H2,1-2H3. The molecule has 0 amide bonds. The van der Waals surface area contributed by atoms with E-state index in [0.717, 1.165) is 23.8 Å². The van der Waals surface area contributed by atoms with Gasteiger partial charge in [0.05, 0.1) is 20.1 Å². The number of carbonyl (C=O) groups is 1. The lowest BCUT2D eigenvalue weighted by Gasteiger charge is -2.17. The summed E-state index contributed by atoms with van der Waals surface area (Å²) in [6.07, 6.45) is 4.05. The number of methoxy groups -OCH3 is 1. The number of H-pyrrole nitrogens is 1. The first-order valence-corrected chi connectivity index (χ1v) is 7.90. The van der Waals surface area contributed by atoms with Crippen LogP contribution >= 0.6 is 0 Å². The molecule has 0 saturated heterocycles. The number of esters is 1. The van der Waals surface area contributed by atoms with Crippen molar-refractivity contribution in [3.63, 3.8) is 0 Å². The number of benzene rings is 1. The second-order valence-electron chi connectivity index (χ2n) is 6.48. The smallest absolute Gasteiger partial charge is 0.384 e. The number of rotatable bonds is 7. The summed E-state index contributed by atoms with van der Waals surface area (Å²) in [5.41, 5.74) is -0.291. The predicted molar refractivity (Wildman–Crippen MR) is 87.6 cm³/mol. The van der Waals surface area contributed by atoms with E-state index in [1.165, 1.54) is 19.8 Å². The molecule has 1 aliphatic rings. The minimum atomic E-state index is -1.82. The van der Waals surface area contributed by atoms with E-state index in [1.807, 2.05) is 18.2 Å². The van der Waals surface area contributed by atoms with Gasteiger partial charge >= 0.3 is 11.5 Å². The first-order valence-electron chi connectivity index (χ1n) is 7.90. The number of fused-ring (bicyclic) bond motifs is 1. The molecule has 1 atom stereocenters. The molecule has 3 rings (SSSR count). The molecule has 1 heterocycles. The molecule has 24 heavy (non-hydrogen) atoms. The Morgan fingerprint density at radius 2 is 2.21 bits per heavy atom. The highest BCUT2D eigenvalue weighted by atomic mass is 16.6. The van der Waals surface area contributed by atoms with Crippen molar-refractivity contribution < 1.29 is 19.2 Å². The summed E-state index contributed by atoms with van der Waals surface area (Å²) in [7, 11) is 1.16. The van der Waals surface area contributed by atoms with E-state index in [4.69, 9.17) is 4.74 Å². The highest BCUT2D eigenvalue weighted by Gasteiger charge is 2.47. The number of aromatic amines is 1. The maximum absolute atomic E-state index is 11.9. The molecular formula is C17H20N2O5. The van der Waals surface area contributed by atoms with E-state index in [2.05, 4.69) is 9.72 Å². The lowest BCUT2D eigenvalue weighted by Crippen LogP contribution is -2.46. The Labute approximate surface area is 139 Å². The summed E-state index contributed by atoms with van der Waals surface area (Å²) in [6.45, 7) is 1.98. The van der Waals surface area contributed by atoms with Gasteiger partial charge < -0.3 is 14.5 Å². The summed E-state index contributed by atoms with van der Waals surface area (Å²) in [5, 5.41) is 12.2. The molecule has 1 aromatic heterocycles. The van der Waals surface area contributed by atoms with Crippen molar-refractivity contribution in [3.8, 4) is 5.75 Å². The average Bonchev–Trinajstić information content (AvgIpc) is 3.33. The van der Waals surface area contributed by atoms with Crippen LogP contribution in [0.5, 0.6) is 5.75 Å². The molecule has 7 heteroatoms. The lowest BCUT2D eigenvalue weighted by atomic mass is 9.93. The second-order valence-corrected chi connectivity index (χ2v) is 6.48. The van der Waals surface area contributed by atoms with Crippen LogP contribution in [0.3, 0.4) is 0 Å². The third-order valence-corrected chi connectivity index (χ3v) is 4.48. The van der Waals surface area contributed by atoms with Gasteiger partial charge in [-0.1, -0.05) is 0 Å². The zero-order valence-corrected chi connectivity index (χ0v) is 13.7. The van der Waals surface area contributed by atoms with E-state index < -0.39 is 16.4 Å². The Hall–Kier alpha value is -2.57. The quantitative estimate of drug-likeness (QED) is 0.478. The van der Waals surface area contributed by atoms with Crippen molar-refractivity contribution >= 4 is 16.9 Å². The predicted octanol–water partition coefficient (Wildman–Crippen LogP) is 2.71. The molecule has 1 fully saturated rings. The van der Waals surface area contributed by atoms with E-state index >= 15 is 0 Å². The Balaban J connectivity index is 1.88. The molecule has 128 valence electrons. The van der Waals surface area contributed by atoms with Gasteiger partial charge in [0.25, 0.3) is 0 Å². The fourth-order valence-electron chi connectivity index (χ4n) is 2.69. The van der Waals surface area contributed by atoms with Crippen molar-refractivity contribution in [1.29, 1.82) is 0 Å². The van der Waals surface area contributed by atoms with Gasteiger partial charge in [0.1, 0.15) is 5.75 Å². The summed E-state index contributed by atoms with van der Waals surface area (Å²) in [5.74, 6) is 0.516. The Morgan fingerprint density at radius 3 is 2.83 bits per heavy atom. The highest BCUT2D eigenvalue weighted by Crippen LogP contribution is 2.31. The summed E-state index contributed by atoms with van der Waals surface area (Å²) in [6, 6.07) is 5.61. The summed E-state index contributed by atoms with van der Waals surface area (Å²) >= 11 is 0. The Kier molecular flexibility index (Phi) is 4.17. The zero-order chi connectivity index (χ0) is 17.3. The fraction of sp³-hybridized carbons (Fsp3) is 0.471. The molecule has 1 aromatic carbocycles. The largest absolute Gasteiger partial charge is 0.493 e. The molecule has 1 saturated carbocycles. The van der Waals surface area contributed by atoms with Crippen LogP contribution in [0, 0.1) is 16.0 Å². The number of aromatic nitrogens is 1. The van der Waals surface area contributed by atoms with Crippen molar-refractivity contribution in [2.45, 2.75) is 31.7 Å². The first kappa shape index (κ1) is 16.3. The lowest BCUT2D eigenvalue weighted by molar-refractivity contribution is -0.550. The van der Waals surface area contributed by atoms with Crippen molar-refractivity contribution in [2.24, 2.45) is 5.92 Å². The zero-order valence-electron chi connectivity index (χ0n) is 13.7. The van der Waals surface area contributed by atoms with Gasteiger partial charge in [-0.25, -0.2) is 4.79 Å². The molecule has 2 aromatic rings. The molecule has 1 unspecified atom stereocenters. The SMILES string of the molecule is COC(=O)C(C)(Cc1c[nH]c2ccc(OCC3CC3)cc12)[N+](=O)[O-]. The maximum Gasteiger partial charge on any atom is 0.384 e. The maximum atomic E-state index is 11.9. The number of nitrogens with one attached hydrogen (secondary N) is 1. The van der Waals surface area contributed by atoms with Crippen LogP contribution in [0.1, 0.15) is 25.3 Å². The first-order chi connectivity index (χ1) is 11.4. The highest BCUT2D eigenvalue weighted by molar-refractivity contribution is 5.86. The van der Waals surface area contributed by atoms with Gasteiger partial charge in [0.2, 0.25) is 0 Å². The average molecular weight is 332 g/mol. The third kappa shape index (κ3) is 3.06. The number of hydrogen-bond donors (Lipinski definition) is 1. The van der Waals surface area contributed by atoms with Gasteiger partial charge in [-0.3, -0.25) is 10.1 Å². The minimum absolute atomic E-state index is 0.0568. The van der Waals surface area contributed by atoms with Crippen molar-refractivity contribution in [1.82, 2.24) is 4.98 Å². The minimum Gasteiger partial charge on any atom is -0.493 e. The summed E-state index contributed by atoms with van der Waals surface area (Å²) < 4.78 is 10.4. The summed E-state index contributed by atoms with van der Waals surface area (Å²) in [4.78, 5) is 25.8. The third-order valence-electron chi connectivity index (χ3n) is 4.48. The molecular weight excluding hydrogens is 312 g/mol. The molecule has 0 radical (unpaired) electrons. The van der Waals surface area contributed by atoms with E-state index in [0.29, 0.717) is 18.1 Å². The van der Waals surface area contributed by atoms with E-state index in [9.17, 15) is 14.9 Å².